The molecule has 110 valence electrons. The molecule has 0 aromatic heterocycles. The molecule has 3 fully saturated rings. The van der Waals surface area contributed by atoms with Crippen molar-refractivity contribution in [1.29, 1.82) is 0 Å². The molecule has 0 amide bonds. The van der Waals surface area contributed by atoms with Gasteiger partial charge in [0.1, 0.15) is 0 Å². The number of ether oxygens (including phenoxy) is 1. The van der Waals surface area contributed by atoms with Crippen LogP contribution in [0.1, 0.15) is 52.9 Å². The summed E-state index contributed by atoms with van der Waals surface area (Å²) in [4.78, 5) is 0. The van der Waals surface area contributed by atoms with Gasteiger partial charge in [-0.1, -0.05) is 20.8 Å². The largest absolute Gasteiger partial charge is 0.389 e. The Morgan fingerprint density at radius 2 is 1.89 bits per heavy atom. The van der Waals surface area contributed by atoms with Crippen molar-refractivity contribution in [2.24, 2.45) is 17.3 Å². The Hall–Kier alpha value is -0.120. The number of rotatable bonds is 3. The van der Waals surface area contributed by atoms with Crippen LogP contribution in [0.5, 0.6) is 0 Å². The van der Waals surface area contributed by atoms with Gasteiger partial charge in [-0.2, -0.15) is 0 Å². The highest BCUT2D eigenvalue weighted by Gasteiger charge is 2.59. The minimum absolute atomic E-state index is 0.222. The molecular weight excluding hydrogens is 238 g/mol. The van der Waals surface area contributed by atoms with Crippen molar-refractivity contribution in [1.82, 2.24) is 5.32 Å². The molecule has 3 rings (SSSR count). The van der Waals surface area contributed by atoms with Gasteiger partial charge in [0.15, 0.2) is 0 Å². The van der Waals surface area contributed by atoms with E-state index in [1.807, 2.05) is 0 Å². The zero-order chi connectivity index (χ0) is 13.7. The van der Waals surface area contributed by atoms with Gasteiger partial charge in [0.25, 0.3) is 0 Å². The van der Waals surface area contributed by atoms with Crippen LogP contribution in [0, 0.1) is 17.3 Å². The highest BCUT2D eigenvalue weighted by atomic mass is 16.5. The van der Waals surface area contributed by atoms with Gasteiger partial charge in [0, 0.05) is 30.5 Å². The van der Waals surface area contributed by atoms with E-state index in [4.69, 9.17) is 4.74 Å². The quantitative estimate of drug-likeness (QED) is 0.824. The SMILES string of the molecule is CC1CCC(O)(CNC2C3CCOC3C2(C)C)CC1. The molecule has 3 nitrogen and oxygen atoms in total. The van der Waals surface area contributed by atoms with Gasteiger partial charge in [-0.3, -0.25) is 0 Å². The molecule has 3 heteroatoms. The molecule has 2 N–H and O–H groups in total. The molecule has 3 atom stereocenters. The lowest BCUT2D eigenvalue weighted by Gasteiger charge is -2.55. The van der Waals surface area contributed by atoms with Crippen LogP contribution < -0.4 is 5.32 Å². The van der Waals surface area contributed by atoms with E-state index in [0.29, 0.717) is 18.1 Å². The molecule has 3 unspecified atom stereocenters. The molecule has 19 heavy (non-hydrogen) atoms. The van der Waals surface area contributed by atoms with Gasteiger partial charge in [0.05, 0.1) is 11.7 Å². The highest BCUT2D eigenvalue weighted by Crippen LogP contribution is 2.52. The summed E-state index contributed by atoms with van der Waals surface area (Å²) in [5, 5.41) is 14.4. The summed E-state index contributed by atoms with van der Waals surface area (Å²) in [6.45, 7) is 8.56. The van der Waals surface area contributed by atoms with Crippen LogP contribution in [0.4, 0.5) is 0 Å². The maximum atomic E-state index is 10.7. The minimum atomic E-state index is -0.465. The van der Waals surface area contributed by atoms with E-state index < -0.39 is 5.60 Å². The summed E-state index contributed by atoms with van der Waals surface area (Å²) < 4.78 is 5.83. The number of fused-ring (bicyclic) bond motifs is 1. The van der Waals surface area contributed by atoms with Gasteiger partial charge in [-0.15, -0.1) is 0 Å². The second-order valence-electron chi connectivity index (χ2n) is 7.83. The lowest BCUT2D eigenvalue weighted by Crippen LogP contribution is -2.67. The molecule has 1 heterocycles. The summed E-state index contributed by atoms with van der Waals surface area (Å²) in [5.41, 5.74) is -0.243. The molecule has 2 aliphatic carbocycles. The van der Waals surface area contributed by atoms with Crippen LogP contribution in [0.15, 0.2) is 0 Å². The monoisotopic (exact) mass is 267 g/mol. The van der Waals surface area contributed by atoms with Gasteiger partial charge < -0.3 is 15.2 Å². The molecule has 1 aliphatic heterocycles. The normalized spacial score (nSPS) is 48.6. The average Bonchev–Trinajstić information content (AvgIpc) is 2.80. The average molecular weight is 267 g/mol. The Kier molecular flexibility index (Phi) is 3.43. The van der Waals surface area contributed by atoms with Crippen LogP contribution in [-0.2, 0) is 4.74 Å². The Balaban J connectivity index is 1.55. The Bertz CT molecular complexity index is 334. The Morgan fingerprint density at radius 3 is 2.58 bits per heavy atom. The first kappa shape index (κ1) is 13.8. The van der Waals surface area contributed by atoms with Crippen molar-refractivity contribution in [2.75, 3.05) is 13.2 Å². The molecule has 0 aromatic rings. The van der Waals surface area contributed by atoms with E-state index in [2.05, 4.69) is 26.1 Å². The Labute approximate surface area is 117 Å². The van der Waals surface area contributed by atoms with Crippen molar-refractivity contribution in [2.45, 2.75) is 70.6 Å². The van der Waals surface area contributed by atoms with Crippen LogP contribution in [-0.4, -0.2) is 36.0 Å². The number of hydrogen-bond acceptors (Lipinski definition) is 3. The van der Waals surface area contributed by atoms with E-state index in [9.17, 15) is 5.11 Å². The van der Waals surface area contributed by atoms with E-state index in [1.165, 1.54) is 19.3 Å². The molecule has 0 spiro atoms. The predicted octanol–water partition coefficient (Wildman–Crippen LogP) is 2.33. The number of aliphatic hydroxyl groups is 1. The van der Waals surface area contributed by atoms with Gasteiger partial charge >= 0.3 is 0 Å². The van der Waals surface area contributed by atoms with Crippen molar-refractivity contribution < 1.29 is 9.84 Å². The fraction of sp³-hybridized carbons (Fsp3) is 1.00. The van der Waals surface area contributed by atoms with Gasteiger partial charge in [-0.25, -0.2) is 0 Å². The lowest BCUT2D eigenvalue weighted by molar-refractivity contribution is -0.119. The third-order valence-electron chi connectivity index (χ3n) is 5.96. The van der Waals surface area contributed by atoms with Crippen molar-refractivity contribution in [3.8, 4) is 0 Å². The molecule has 1 saturated heterocycles. The molecule has 0 radical (unpaired) electrons. The summed E-state index contributed by atoms with van der Waals surface area (Å²) in [6.07, 6.45) is 5.87. The molecule has 0 aromatic carbocycles. The first-order valence-electron chi connectivity index (χ1n) is 8.00. The van der Waals surface area contributed by atoms with E-state index in [-0.39, 0.29) is 5.41 Å². The Morgan fingerprint density at radius 1 is 1.21 bits per heavy atom. The maximum absolute atomic E-state index is 10.7. The minimum Gasteiger partial charge on any atom is -0.389 e. The number of hydrogen-bond donors (Lipinski definition) is 2. The summed E-state index contributed by atoms with van der Waals surface area (Å²) in [7, 11) is 0. The van der Waals surface area contributed by atoms with Crippen LogP contribution in [0.3, 0.4) is 0 Å². The van der Waals surface area contributed by atoms with Gasteiger partial charge in [-0.05, 0) is 38.0 Å². The predicted molar refractivity (Wildman–Crippen MR) is 76.0 cm³/mol. The fourth-order valence-electron chi connectivity index (χ4n) is 4.51. The van der Waals surface area contributed by atoms with E-state index in [0.717, 1.165) is 31.9 Å². The molecule has 0 bridgehead atoms. The fourth-order valence-corrected chi connectivity index (χ4v) is 4.51. The standard InChI is InChI=1S/C16H29NO2/c1-11-4-7-16(18,8-5-11)10-17-13-12-6-9-19-14(12)15(13,2)3/h11-14,17-18H,4-10H2,1-3H3. The van der Waals surface area contributed by atoms with Crippen molar-refractivity contribution >= 4 is 0 Å². The topological polar surface area (TPSA) is 41.5 Å². The third-order valence-corrected chi connectivity index (χ3v) is 5.96. The maximum Gasteiger partial charge on any atom is 0.0771 e. The molecular formula is C16H29NO2. The molecule has 2 saturated carbocycles. The first-order valence-corrected chi connectivity index (χ1v) is 8.00. The van der Waals surface area contributed by atoms with E-state index in [1.54, 1.807) is 0 Å². The second-order valence-corrected chi connectivity index (χ2v) is 7.83. The summed E-state index contributed by atoms with van der Waals surface area (Å²) in [6, 6.07) is 0.517. The van der Waals surface area contributed by atoms with Crippen LogP contribution >= 0.6 is 0 Å². The van der Waals surface area contributed by atoms with Crippen molar-refractivity contribution in [3.63, 3.8) is 0 Å². The van der Waals surface area contributed by atoms with Crippen molar-refractivity contribution in [3.05, 3.63) is 0 Å². The van der Waals surface area contributed by atoms with Crippen LogP contribution in [0.2, 0.25) is 0 Å². The first-order chi connectivity index (χ1) is 8.92. The highest BCUT2D eigenvalue weighted by molar-refractivity contribution is 5.11. The summed E-state index contributed by atoms with van der Waals surface area (Å²) in [5.74, 6) is 1.45. The van der Waals surface area contributed by atoms with Crippen LogP contribution in [0.25, 0.3) is 0 Å². The van der Waals surface area contributed by atoms with Gasteiger partial charge in [0.2, 0.25) is 0 Å². The smallest absolute Gasteiger partial charge is 0.0771 e. The molecule has 3 aliphatic rings. The number of nitrogens with one attached hydrogen (secondary N) is 1. The zero-order valence-corrected chi connectivity index (χ0v) is 12.6. The van der Waals surface area contributed by atoms with E-state index >= 15 is 0 Å². The zero-order valence-electron chi connectivity index (χ0n) is 12.6. The second kappa shape index (κ2) is 4.71. The summed E-state index contributed by atoms with van der Waals surface area (Å²) >= 11 is 0. The third kappa shape index (κ3) is 2.34. The lowest BCUT2D eigenvalue weighted by atomic mass is 9.57.